The minimum Gasteiger partial charge on any atom is -0.478 e. The number of hydrogen-bond acceptors (Lipinski definition) is 3. The molecule has 1 amide bonds. The second-order valence-electron chi connectivity index (χ2n) is 5.05. The van der Waals surface area contributed by atoms with Crippen LogP contribution in [0, 0.1) is 0 Å². The molecule has 0 fully saturated rings. The summed E-state index contributed by atoms with van der Waals surface area (Å²) in [4.78, 5) is 25.1. The van der Waals surface area contributed by atoms with Crippen molar-refractivity contribution in [3.05, 3.63) is 65.4 Å². The fraction of sp³-hybridized carbons (Fsp3) is 0.111. The van der Waals surface area contributed by atoms with Crippen LogP contribution < -0.4 is 9.64 Å². The minimum absolute atomic E-state index is 0.198. The molecule has 0 atom stereocenters. The van der Waals surface area contributed by atoms with Crippen LogP contribution in [-0.4, -0.2) is 23.5 Å². The fourth-order valence-corrected chi connectivity index (χ4v) is 2.45. The zero-order valence-electron chi connectivity index (χ0n) is 12.5. The molecule has 0 saturated heterocycles. The molecule has 2 aromatic rings. The van der Waals surface area contributed by atoms with Gasteiger partial charge in [0, 0.05) is 6.54 Å². The van der Waals surface area contributed by atoms with Crippen molar-refractivity contribution in [1.82, 2.24) is 0 Å². The molecule has 1 aliphatic heterocycles. The number of anilines is 1. The normalized spacial score (nSPS) is 15.3. The Labute approximate surface area is 133 Å². The number of amides is 1. The molecule has 0 aromatic heterocycles. The predicted octanol–water partition coefficient (Wildman–Crippen LogP) is 3.17. The van der Waals surface area contributed by atoms with Crippen LogP contribution in [-0.2, 0) is 4.79 Å². The van der Waals surface area contributed by atoms with E-state index in [-0.39, 0.29) is 17.2 Å². The van der Waals surface area contributed by atoms with E-state index in [0.29, 0.717) is 17.9 Å². The summed E-state index contributed by atoms with van der Waals surface area (Å²) >= 11 is 0. The summed E-state index contributed by atoms with van der Waals surface area (Å²) in [7, 11) is 0. The maximum Gasteiger partial charge on any atom is 0.335 e. The van der Waals surface area contributed by atoms with Crippen LogP contribution in [0.2, 0.25) is 0 Å². The van der Waals surface area contributed by atoms with E-state index >= 15 is 0 Å². The van der Waals surface area contributed by atoms with Gasteiger partial charge in [-0.15, -0.1) is 0 Å². The van der Waals surface area contributed by atoms with Gasteiger partial charge in [0.25, 0.3) is 5.91 Å². The van der Waals surface area contributed by atoms with Crippen LogP contribution in [0.3, 0.4) is 0 Å². The highest BCUT2D eigenvalue weighted by molar-refractivity contribution is 6.09. The molecule has 5 nitrogen and oxygen atoms in total. The van der Waals surface area contributed by atoms with Crippen molar-refractivity contribution in [2.24, 2.45) is 0 Å². The monoisotopic (exact) mass is 309 g/mol. The quantitative estimate of drug-likeness (QED) is 0.884. The Morgan fingerprint density at radius 1 is 1.17 bits per heavy atom. The molecule has 5 heteroatoms. The summed E-state index contributed by atoms with van der Waals surface area (Å²) in [5.41, 5.74) is 1.65. The van der Waals surface area contributed by atoms with E-state index in [1.165, 1.54) is 12.1 Å². The van der Waals surface area contributed by atoms with Crippen molar-refractivity contribution >= 4 is 23.6 Å². The molecule has 1 N–H and O–H groups in total. The predicted molar refractivity (Wildman–Crippen MR) is 86.5 cm³/mol. The van der Waals surface area contributed by atoms with Crippen molar-refractivity contribution in [3.8, 4) is 5.75 Å². The number of carboxylic acids is 1. The van der Waals surface area contributed by atoms with E-state index in [2.05, 4.69) is 0 Å². The number of carbonyl (C=O) groups excluding carboxylic acids is 1. The fourth-order valence-electron chi connectivity index (χ4n) is 2.45. The Morgan fingerprint density at radius 2 is 1.87 bits per heavy atom. The summed E-state index contributed by atoms with van der Waals surface area (Å²) in [5, 5.41) is 8.91. The molecule has 116 valence electrons. The Morgan fingerprint density at radius 3 is 2.52 bits per heavy atom. The first-order valence-electron chi connectivity index (χ1n) is 7.24. The molecule has 0 spiro atoms. The lowest BCUT2D eigenvalue weighted by atomic mass is 10.1. The number of nitrogens with zero attached hydrogens (tertiary/aromatic N) is 1. The van der Waals surface area contributed by atoms with Gasteiger partial charge in [-0.3, -0.25) is 4.79 Å². The molecule has 0 aliphatic carbocycles. The molecule has 0 bridgehead atoms. The SMILES string of the molecule is CCN1C(=O)/C(=C\c2ccc(C(=O)O)cc2)Oc2ccccc21. The highest BCUT2D eigenvalue weighted by Crippen LogP contribution is 2.35. The molecular weight excluding hydrogens is 294 g/mol. The number of likely N-dealkylation sites (N-methyl/N-ethyl adjacent to an activating group) is 1. The summed E-state index contributed by atoms with van der Waals surface area (Å²) < 4.78 is 5.71. The van der Waals surface area contributed by atoms with Crippen molar-refractivity contribution in [2.45, 2.75) is 6.92 Å². The van der Waals surface area contributed by atoms with E-state index in [4.69, 9.17) is 9.84 Å². The molecule has 2 aromatic carbocycles. The van der Waals surface area contributed by atoms with Gasteiger partial charge in [-0.2, -0.15) is 0 Å². The molecule has 1 heterocycles. The number of carboxylic acid groups (broad SMARTS) is 1. The van der Waals surface area contributed by atoms with Crippen LogP contribution in [0.25, 0.3) is 6.08 Å². The topological polar surface area (TPSA) is 66.8 Å². The molecule has 23 heavy (non-hydrogen) atoms. The summed E-state index contributed by atoms with van der Waals surface area (Å²) in [6.07, 6.45) is 1.62. The number of carbonyl (C=O) groups is 2. The van der Waals surface area contributed by atoms with E-state index in [1.807, 2.05) is 31.2 Å². The van der Waals surface area contributed by atoms with E-state index in [1.54, 1.807) is 23.1 Å². The van der Waals surface area contributed by atoms with E-state index in [9.17, 15) is 9.59 Å². The Balaban J connectivity index is 1.96. The lowest BCUT2D eigenvalue weighted by Crippen LogP contribution is -2.37. The second-order valence-corrected chi connectivity index (χ2v) is 5.05. The number of aromatic carboxylic acids is 1. The average Bonchev–Trinajstić information content (AvgIpc) is 2.56. The van der Waals surface area contributed by atoms with Crippen molar-refractivity contribution in [2.75, 3.05) is 11.4 Å². The maximum atomic E-state index is 12.5. The third-order valence-electron chi connectivity index (χ3n) is 3.60. The molecule has 0 radical (unpaired) electrons. The third-order valence-corrected chi connectivity index (χ3v) is 3.60. The van der Waals surface area contributed by atoms with Crippen molar-refractivity contribution in [1.29, 1.82) is 0 Å². The van der Waals surface area contributed by atoms with Crippen LogP contribution in [0.1, 0.15) is 22.8 Å². The largest absolute Gasteiger partial charge is 0.478 e. The maximum absolute atomic E-state index is 12.5. The van der Waals surface area contributed by atoms with Gasteiger partial charge in [0.15, 0.2) is 11.5 Å². The summed E-state index contributed by atoms with van der Waals surface area (Å²) in [5.74, 6) is -0.357. The van der Waals surface area contributed by atoms with Gasteiger partial charge in [0.05, 0.1) is 11.3 Å². The van der Waals surface area contributed by atoms with Gasteiger partial charge in [-0.05, 0) is 42.8 Å². The van der Waals surface area contributed by atoms with Gasteiger partial charge in [-0.1, -0.05) is 24.3 Å². The smallest absolute Gasteiger partial charge is 0.335 e. The zero-order chi connectivity index (χ0) is 16.4. The minimum atomic E-state index is -0.986. The third kappa shape index (κ3) is 2.81. The van der Waals surface area contributed by atoms with Crippen LogP contribution >= 0.6 is 0 Å². The number of rotatable bonds is 3. The first-order chi connectivity index (χ1) is 11.1. The average molecular weight is 309 g/mol. The number of benzene rings is 2. The number of hydrogen-bond donors (Lipinski definition) is 1. The standard InChI is InChI=1S/C18H15NO4/c1-2-19-14-5-3-4-6-15(14)23-16(17(19)20)11-12-7-9-13(10-8-12)18(21)22/h3-11H,2H2,1H3,(H,21,22)/b16-11+. The molecular formula is C18H15NO4. The highest BCUT2D eigenvalue weighted by atomic mass is 16.5. The van der Waals surface area contributed by atoms with Gasteiger partial charge in [0.2, 0.25) is 0 Å². The lowest BCUT2D eigenvalue weighted by Gasteiger charge is -2.29. The molecule has 0 unspecified atom stereocenters. The van der Waals surface area contributed by atoms with Gasteiger partial charge in [-0.25, -0.2) is 4.79 Å². The van der Waals surface area contributed by atoms with Gasteiger partial charge in [0.1, 0.15) is 0 Å². The van der Waals surface area contributed by atoms with Crippen LogP contribution in [0.4, 0.5) is 5.69 Å². The molecule has 0 saturated carbocycles. The van der Waals surface area contributed by atoms with Gasteiger partial charge >= 0.3 is 5.97 Å². The number of para-hydroxylation sites is 2. The van der Waals surface area contributed by atoms with E-state index in [0.717, 1.165) is 5.69 Å². The molecule has 3 rings (SSSR count). The van der Waals surface area contributed by atoms with Gasteiger partial charge < -0.3 is 14.7 Å². The second kappa shape index (κ2) is 5.96. The van der Waals surface area contributed by atoms with Crippen molar-refractivity contribution < 1.29 is 19.4 Å². The zero-order valence-corrected chi connectivity index (χ0v) is 12.5. The number of fused-ring (bicyclic) bond motifs is 1. The molecule has 1 aliphatic rings. The highest BCUT2D eigenvalue weighted by Gasteiger charge is 2.28. The number of ether oxygens (including phenoxy) is 1. The van der Waals surface area contributed by atoms with Crippen LogP contribution in [0.5, 0.6) is 5.75 Å². The Hall–Kier alpha value is -3.08. The van der Waals surface area contributed by atoms with E-state index < -0.39 is 5.97 Å². The Bertz CT molecular complexity index is 793. The van der Waals surface area contributed by atoms with Crippen LogP contribution in [0.15, 0.2) is 54.3 Å². The summed E-state index contributed by atoms with van der Waals surface area (Å²) in [6.45, 7) is 2.44. The summed E-state index contributed by atoms with van der Waals surface area (Å²) in [6, 6.07) is 13.6. The van der Waals surface area contributed by atoms with Crippen molar-refractivity contribution in [3.63, 3.8) is 0 Å². The lowest BCUT2D eigenvalue weighted by molar-refractivity contribution is -0.117. The Kier molecular flexibility index (Phi) is 3.85. The first-order valence-corrected chi connectivity index (χ1v) is 7.24. The first kappa shape index (κ1) is 14.8.